The Labute approximate surface area is 254 Å². The second kappa shape index (κ2) is 11.3. The molecule has 0 radical (unpaired) electrons. The molecule has 4 heterocycles. The van der Waals surface area contributed by atoms with Crippen LogP contribution in [-0.2, 0) is 6.54 Å². The molecule has 1 saturated heterocycles. The number of hydrogen-bond donors (Lipinski definition) is 1. The standard InChI is InChI=1S/C34H31ClFN5O2/c1-21-5-6-27(35)16-26(21)20-41-14-11-37-33-30(41)17-25(19-38-33)23-3-2-4-24(15-23)34(42)40-12-9-22(10-13-40)32-29-8-7-28(36)18-31(29)43-39-32/h2-8,15-19,22H,9-14,20H2,1H3,(H,37,38). The number of halogens is 2. The van der Waals surface area contributed by atoms with Crippen molar-refractivity contribution >= 4 is 40.0 Å². The molecule has 3 aromatic carbocycles. The average molecular weight is 596 g/mol. The quantitative estimate of drug-likeness (QED) is 0.228. The first-order valence-corrected chi connectivity index (χ1v) is 15.0. The van der Waals surface area contributed by atoms with E-state index in [4.69, 9.17) is 21.1 Å². The van der Waals surface area contributed by atoms with E-state index in [0.29, 0.717) is 24.2 Å². The minimum Gasteiger partial charge on any atom is -0.367 e. The molecule has 2 aliphatic rings. The number of fused-ring (bicyclic) bond motifs is 2. The van der Waals surface area contributed by atoms with Gasteiger partial charge in [-0.25, -0.2) is 9.37 Å². The molecule has 0 saturated carbocycles. The van der Waals surface area contributed by atoms with Gasteiger partial charge in [0.25, 0.3) is 5.91 Å². The normalized spacial score (nSPS) is 15.4. The van der Waals surface area contributed by atoms with Crippen LogP contribution in [0.25, 0.3) is 22.1 Å². The summed E-state index contributed by atoms with van der Waals surface area (Å²) in [5.74, 6) is 0.689. The molecule has 1 amide bonds. The maximum Gasteiger partial charge on any atom is 0.253 e. The number of rotatable bonds is 5. The van der Waals surface area contributed by atoms with E-state index >= 15 is 0 Å². The van der Waals surface area contributed by atoms with Crippen LogP contribution in [0.4, 0.5) is 15.9 Å². The van der Waals surface area contributed by atoms with E-state index in [1.165, 1.54) is 23.3 Å². The van der Waals surface area contributed by atoms with Crippen molar-refractivity contribution in [2.24, 2.45) is 0 Å². The van der Waals surface area contributed by atoms with Gasteiger partial charge in [0, 0.05) is 72.4 Å². The number of carbonyl (C=O) groups is 1. The zero-order chi connectivity index (χ0) is 29.5. The molecule has 7 nitrogen and oxygen atoms in total. The van der Waals surface area contributed by atoms with Crippen molar-refractivity contribution in [2.45, 2.75) is 32.2 Å². The number of nitrogens with one attached hydrogen (secondary N) is 1. The maximum atomic E-state index is 13.6. The van der Waals surface area contributed by atoms with Crippen molar-refractivity contribution in [1.82, 2.24) is 15.0 Å². The molecule has 0 bridgehead atoms. The van der Waals surface area contributed by atoms with E-state index in [2.05, 4.69) is 34.4 Å². The molecule has 7 rings (SSSR count). The third-order valence-corrected chi connectivity index (χ3v) is 8.86. The Morgan fingerprint density at radius 3 is 2.77 bits per heavy atom. The number of nitrogens with zero attached hydrogens (tertiary/aromatic N) is 4. The summed E-state index contributed by atoms with van der Waals surface area (Å²) in [7, 11) is 0. The average Bonchev–Trinajstić information content (AvgIpc) is 3.45. The fourth-order valence-corrected chi connectivity index (χ4v) is 6.39. The van der Waals surface area contributed by atoms with Gasteiger partial charge in [0.05, 0.1) is 11.4 Å². The van der Waals surface area contributed by atoms with E-state index in [0.717, 1.165) is 71.2 Å². The van der Waals surface area contributed by atoms with E-state index in [-0.39, 0.29) is 17.6 Å². The lowest BCUT2D eigenvalue weighted by molar-refractivity contribution is 0.0712. The number of amides is 1. The zero-order valence-electron chi connectivity index (χ0n) is 23.8. The molecule has 9 heteroatoms. The number of hydrogen-bond acceptors (Lipinski definition) is 6. The van der Waals surface area contributed by atoms with Gasteiger partial charge in [0.15, 0.2) is 5.58 Å². The van der Waals surface area contributed by atoms with Gasteiger partial charge >= 0.3 is 0 Å². The minimum absolute atomic E-state index is 0.0121. The van der Waals surface area contributed by atoms with Gasteiger partial charge in [-0.2, -0.15) is 0 Å². The Morgan fingerprint density at radius 2 is 1.91 bits per heavy atom. The third-order valence-electron chi connectivity index (χ3n) is 8.63. The molecule has 1 fully saturated rings. The number of pyridine rings is 1. The first-order valence-electron chi connectivity index (χ1n) is 14.6. The molecular formula is C34H31ClFN5O2. The Hall–Kier alpha value is -4.43. The Bertz CT molecular complexity index is 1830. The molecular weight excluding hydrogens is 565 g/mol. The van der Waals surface area contributed by atoms with Crippen molar-refractivity contribution < 1.29 is 13.7 Å². The molecule has 1 N–H and O–H groups in total. The highest BCUT2D eigenvalue weighted by Crippen LogP contribution is 2.35. The molecule has 0 spiro atoms. The van der Waals surface area contributed by atoms with E-state index in [1.54, 1.807) is 6.07 Å². The van der Waals surface area contributed by atoms with Crippen LogP contribution in [0.15, 0.2) is 77.4 Å². The molecule has 0 aliphatic carbocycles. The fraction of sp³-hybridized carbons (Fsp3) is 0.265. The maximum absolute atomic E-state index is 13.6. The summed E-state index contributed by atoms with van der Waals surface area (Å²) in [6.45, 7) is 5.74. The second-order valence-corrected chi connectivity index (χ2v) is 11.8. The van der Waals surface area contributed by atoms with Crippen LogP contribution in [0.2, 0.25) is 5.02 Å². The summed E-state index contributed by atoms with van der Waals surface area (Å²) in [4.78, 5) is 22.6. The van der Waals surface area contributed by atoms with Crippen LogP contribution < -0.4 is 10.2 Å². The summed E-state index contributed by atoms with van der Waals surface area (Å²) < 4.78 is 19.0. The van der Waals surface area contributed by atoms with Gasteiger partial charge < -0.3 is 19.6 Å². The van der Waals surface area contributed by atoms with Crippen molar-refractivity contribution in [3.8, 4) is 11.1 Å². The predicted molar refractivity (Wildman–Crippen MR) is 167 cm³/mol. The third kappa shape index (κ3) is 5.43. The lowest BCUT2D eigenvalue weighted by Crippen LogP contribution is -2.38. The van der Waals surface area contributed by atoms with Crippen molar-refractivity contribution in [3.05, 3.63) is 106 Å². The van der Waals surface area contributed by atoms with Gasteiger partial charge in [-0.3, -0.25) is 4.79 Å². The van der Waals surface area contributed by atoms with Gasteiger partial charge in [-0.1, -0.05) is 35.0 Å². The number of piperidine rings is 1. The molecule has 2 aliphatic heterocycles. The predicted octanol–water partition coefficient (Wildman–Crippen LogP) is 7.44. The largest absolute Gasteiger partial charge is 0.367 e. The van der Waals surface area contributed by atoms with Crippen molar-refractivity contribution in [2.75, 3.05) is 36.4 Å². The Kier molecular flexibility index (Phi) is 7.23. The summed E-state index contributed by atoms with van der Waals surface area (Å²) >= 11 is 6.30. The highest BCUT2D eigenvalue weighted by Gasteiger charge is 2.28. The minimum atomic E-state index is -0.342. The second-order valence-electron chi connectivity index (χ2n) is 11.4. The number of aromatic nitrogens is 2. The van der Waals surface area contributed by atoms with Crippen LogP contribution in [0.5, 0.6) is 0 Å². The van der Waals surface area contributed by atoms with Crippen LogP contribution in [0.1, 0.15) is 45.9 Å². The number of anilines is 2. The number of benzene rings is 3. The molecule has 0 atom stereocenters. The van der Waals surface area contributed by atoms with Crippen LogP contribution in [0, 0.1) is 12.7 Å². The summed E-state index contributed by atoms with van der Waals surface area (Å²) in [5.41, 5.74) is 7.28. The topological polar surface area (TPSA) is 74.5 Å². The Morgan fingerprint density at radius 1 is 1.05 bits per heavy atom. The molecule has 0 unspecified atom stereocenters. The van der Waals surface area contributed by atoms with Gasteiger partial charge in [-0.05, 0) is 78.9 Å². The molecule has 2 aromatic heterocycles. The summed E-state index contributed by atoms with van der Waals surface area (Å²) in [5, 5.41) is 9.23. The monoisotopic (exact) mass is 595 g/mol. The van der Waals surface area contributed by atoms with Crippen molar-refractivity contribution in [3.63, 3.8) is 0 Å². The van der Waals surface area contributed by atoms with Gasteiger partial charge in [0.1, 0.15) is 11.6 Å². The molecule has 218 valence electrons. The lowest BCUT2D eigenvalue weighted by atomic mass is 9.91. The van der Waals surface area contributed by atoms with Crippen LogP contribution in [-0.4, -0.2) is 47.1 Å². The van der Waals surface area contributed by atoms with Gasteiger partial charge in [0.2, 0.25) is 0 Å². The first-order chi connectivity index (χ1) is 20.9. The van der Waals surface area contributed by atoms with Gasteiger partial charge in [-0.15, -0.1) is 0 Å². The van der Waals surface area contributed by atoms with E-state index < -0.39 is 0 Å². The molecule has 5 aromatic rings. The summed E-state index contributed by atoms with van der Waals surface area (Å²) in [6.07, 6.45) is 3.41. The summed E-state index contributed by atoms with van der Waals surface area (Å²) in [6, 6.07) is 20.5. The highest BCUT2D eigenvalue weighted by molar-refractivity contribution is 6.30. The van der Waals surface area contributed by atoms with E-state index in [1.807, 2.05) is 47.5 Å². The lowest BCUT2D eigenvalue weighted by Gasteiger charge is -2.32. The number of carbonyl (C=O) groups excluding carboxylic acids is 1. The first kappa shape index (κ1) is 27.4. The SMILES string of the molecule is Cc1ccc(Cl)cc1CN1CCNc2ncc(-c3cccc(C(=O)N4CCC(c5noc6cc(F)ccc56)CC4)c3)cc21. The van der Waals surface area contributed by atoms with Crippen LogP contribution in [0.3, 0.4) is 0 Å². The zero-order valence-corrected chi connectivity index (χ0v) is 24.6. The van der Waals surface area contributed by atoms with Crippen molar-refractivity contribution in [1.29, 1.82) is 0 Å². The number of likely N-dealkylation sites (tertiary alicyclic amines) is 1. The van der Waals surface area contributed by atoms with Crippen LogP contribution >= 0.6 is 11.6 Å². The Balaban J connectivity index is 1.08. The highest BCUT2D eigenvalue weighted by atomic mass is 35.5. The fourth-order valence-electron chi connectivity index (χ4n) is 6.19. The number of aryl methyl sites for hydroxylation is 1. The molecule has 43 heavy (non-hydrogen) atoms. The van der Waals surface area contributed by atoms with E-state index in [9.17, 15) is 9.18 Å². The smallest absolute Gasteiger partial charge is 0.253 e.